The molecular weight excluding hydrogens is 392 g/mol. The van der Waals surface area contributed by atoms with Crippen LogP contribution < -0.4 is 10.4 Å². The van der Waals surface area contributed by atoms with Crippen LogP contribution in [0.5, 0.6) is 5.75 Å². The molecular formula is C21H21ClN4O3. The number of nitrogens with one attached hydrogen (secondary N) is 1. The van der Waals surface area contributed by atoms with Gasteiger partial charge in [0.25, 0.3) is 5.91 Å². The fourth-order valence-corrected chi connectivity index (χ4v) is 3.73. The molecule has 1 atom stereocenters. The van der Waals surface area contributed by atoms with Crippen molar-refractivity contribution in [3.05, 3.63) is 75.4 Å². The second-order valence-electron chi connectivity index (χ2n) is 7.03. The van der Waals surface area contributed by atoms with Crippen LogP contribution in [-0.2, 0) is 0 Å². The molecule has 0 spiro atoms. The molecule has 1 aromatic heterocycles. The summed E-state index contributed by atoms with van der Waals surface area (Å²) in [6, 6.07) is 14.1. The van der Waals surface area contributed by atoms with Gasteiger partial charge in [0.15, 0.2) is 0 Å². The van der Waals surface area contributed by atoms with Crippen molar-refractivity contribution in [3.8, 4) is 11.4 Å². The van der Waals surface area contributed by atoms with E-state index in [4.69, 9.17) is 16.3 Å². The molecule has 1 fully saturated rings. The van der Waals surface area contributed by atoms with Gasteiger partial charge >= 0.3 is 5.69 Å². The van der Waals surface area contributed by atoms with E-state index in [-0.39, 0.29) is 17.5 Å². The van der Waals surface area contributed by atoms with Crippen LogP contribution in [0.15, 0.2) is 53.3 Å². The van der Waals surface area contributed by atoms with E-state index in [1.165, 1.54) is 4.68 Å². The van der Waals surface area contributed by atoms with Gasteiger partial charge in [0, 0.05) is 29.6 Å². The summed E-state index contributed by atoms with van der Waals surface area (Å²) < 4.78 is 6.54. The lowest BCUT2D eigenvalue weighted by molar-refractivity contribution is 0.0704. The molecule has 0 saturated carbocycles. The van der Waals surface area contributed by atoms with Crippen molar-refractivity contribution in [3.63, 3.8) is 0 Å². The number of halogens is 1. The predicted octanol–water partition coefficient (Wildman–Crippen LogP) is 3.24. The minimum atomic E-state index is -0.307. The van der Waals surface area contributed by atoms with E-state index >= 15 is 0 Å². The SMILES string of the molecule is COc1cccc(C(=O)N2CCCC(c3nn(-c4ccc(Cl)cc4)c(=O)[nH]3)C2)c1. The number of carbonyl (C=O) groups is 1. The van der Waals surface area contributed by atoms with Crippen molar-refractivity contribution < 1.29 is 9.53 Å². The molecule has 150 valence electrons. The number of aromatic amines is 1. The number of hydrogen-bond acceptors (Lipinski definition) is 4. The van der Waals surface area contributed by atoms with E-state index in [2.05, 4.69) is 10.1 Å². The number of nitrogens with zero attached hydrogens (tertiary/aromatic N) is 3. The Morgan fingerprint density at radius 1 is 1.24 bits per heavy atom. The zero-order valence-corrected chi connectivity index (χ0v) is 16.7. The quantitative estimate of drug-likeness (QED) is 0.713. The van der Waals surface area contributed by atoms with E-state index < -0.39 is 0 Å². The number of H-pyrrole nitrogens is 1. The highest BCUT2D eigenvalue weighted by molar-refractivity contribution is 6.30. The van der Waals surface area contributed by atoms with E-state index in [9.17, 15) is 9.59 Å². The number of benzene rings is 2. The van der Waals surface area contributed by atoms with Crippen molar-refractivity contribution in [1.29, 1.82) is 0 Å². The van der Waals surface area contributed by atoms with E-state index in [1.54, 1.807) is 49.6 Å². The van der Waals surface area contributed by atoms with Crippen molar-refractivity contribution in [2.45, 2.75) is 18.8 Å². The van der Waals surface area contributed by atoms with Gasteiger partial charge in [0.2, 0.25) is 0 Å². The topological polar surface area (TPSA) is 80.2 Å². The summed E-state index contributed by atoms with van der Waals surface area (Å²) in [5, 5.41) is 5.07. The second kappa shape index (κ2) is 8.13. The summed E-state index contributed by atoms with van der Waals surface area (Å²) >= 11 is 5.92. The van der Waals surface area contributed by atoms with Crippen molar-refractivity contribution in [2.24, 2.45) is 0 Å². The lowest BCUT2D eigenvalue weighted by atomic mass is 9.96. The van der Waals surface area contributed by atoms with E-state index in [0.717, 1.165) is 12.8 Å². The van der Waals surface area contributed by atoms with Crippen LogP contribution in [-0.4, -0.2) is 45.8 Å². The third-order valence-corrected chi connectivity index (χ3v) is 5.37. The average Bonchev–Trinajstić information content (AvgIpc) is 3.15. The van der Waals surface area contributed by atoms with Crippen molar-refractivity contribution in [1.82, 2.24) is 19.7 Å². The van der Waals surface area contributed by atoms with Crippen LogP contribution in [0, 0.1) is 0 Å². The molecule has 8 heteroatoms. The Labute approximate surface area is 172 Å². The van der Waals surface area contributed by atoms with Crippen LogP contribution in [0.4, 0.5) is 0 Å². The predicted molar refractivity (Wildman–Crippen MR) is 110 cm³/mol. The summed E-state index contributed by atoms with van der Waals surface area (Å²) in [5.41, 5.74) is 0.922. The Morgan fingerprint density at radius 2 is 2.03 bits per heavy atom. The normalized spacial score (nSPS) is 16.6. The minimum Gasteiger partial charge on any atom is -0.497 e. The van der Waals surface area contributed by atoms with Gasteiger partial charge in [-0.3, -0.25) is 9.78 Å². The van der Waals surface area contributed by atoms with Gasteiger partial charge in [0.05, 0.1) is 12.8 Å². The van der Waals surface area contributed by atoms with E-state index in [1.807, 2.05) is 11.0 Å². The molecule has 2 aromatic carbocycles. The lowest BCUT2D eigenvalue weighted by Gasteiger charge is -2.31. The zero-order valence-electron chi connectivity index (χ0n) is 16.0. The van der Waals surface area contributed by atoms with Gasteiger partial charge in [-0.05, 0) is 55.3 Å². The summed E-state index contributed by atoms with van der Waals surface area (Å²) in [6.07, 6.45) is 1.70. The number of piperidine rings is 1. The first-order valence-corrected chi connectivity index (χ1v) is 9.81. The molecule has 0 aliphatic carbocycles. The standard InChI is InChI=1S/C21H21ClN4O3/c1-29-18-6-2-4-14(12-18)20(27)25-11-3-5-15(13-25)19-23-21(28)26(24-19)17-9-7-16(22)8-10-17/h2,4,6-10,12,15H,3,5,11,13H2,1H3,(H,23,24,28). The number of aromatic nitrogens is 3. The summed E-state index contributed by atoms with van der Waals surface area (Å²) in [5.74, 6) is 1.16. The third kappa shape index (κ3) is 4.05. The number of ether oxygens (including phenoxy) is 1. The molecule has 1 N–H and O–H groups in total. The molecule has 1 aliphatic heterocycles. The zero-order chi connectivity index (χ0) is 20.4. The highest BCUT2D eigenvalue weighted by Gasteiger charge is 2.28. The molecule has 0 bridgehead atoms. The molecule has 7 nitrogen and oxygen atoms in total. The Morgan fingerprint density at radius 3 is 2.79 bits per heavy atom. The first-order valence-electron chi connectivity index (χ1n) is 9.43. The number of methoxy groups -OCH3 is 1. The Hall–Kier alpha value is -3.06. The monoisotopic (exact) mass is 412 g/mol. The fraction of sp³-hybridized carbons (Fsp3) is 0.286. The number of likely N-dealkylation sites (tertiary alicyclic amines) is 1. The highest BCUT2D eigenvalue weighted by atomic mass is 35.5. The minimum absolute atomic E-state index is 0.0282. The lowest BCUT2D eigenvalue weighted by Crippen LogP contribution is -2.39. The van der Waals surface area contributed by atoms with Crippen LogP contribution in [0.25, 0.3) is 5.69 Å². The second-order valence-corrected chi connectivity index (χ2v) is 7.46. The fourth-order valence-electron chi connectivity index (χ4n) is 3.61. The molecule has 1 saturated heterocycles. The third-order valence-electron chi connectivity index (χ3n) is 5.12. The molecule has 1 amide bonds. The molecule has 1 unspecified atom stereocenters. The van der Waals surface area contributed by atoms with Gasteiger partial charge in [-0.15, -0.1) is 5.10 Å². The van der Waals surface area contributed by atoms with Gasteiger partial charge in [-0.2, -0.15) is 4.68 Å². The molecule has 4 rings (SSSR count). The van der Waals surface area contributed by atoms with Gasteiger partial charge in [-0.1, -0.05) is 17.7 Å². The maximum absolute atomic E-state index is 12.9. The summed E-state index contributed by atoms with van der Waals surface area (Å²) in [6.45, 7) is 1.18. The van der Waals surface area contributed by atoms with Gasteiger partial charge < -0.3 is 9.64 Å². The summed E-state index contributed by atoms with van der Waals surface area (Å²) in [4.78, 5) is 30.0. The number of hydrogen-bond donors (Lipinski definition) is 1. The van der Waals surface area contributed by atoms with Crippen molar-refractivity contribution >= 4 is 17.5 Å². The summed E-state index contributed by atoms with van der Waals surface area (Å²) in [7, 11) is 1.58. The maximum Gasteiger partial charge on any atom is 0.348 e. The Balaban J connectivity index is 1.54. The largest absolute Gasteiger partial charge is 0.497 e. The molecule has 3 aromatic rings. The smallest absolute Gasteiger partial charge is 0.348 e. The van der Waals surface area contributed by atoms with Gasteiger partial charge in [0.1, 0.15) is 11.6 Å². The molecule has 29 heavy (non-hydrogen) atoms. The van der Waals surface area contributed by atoms with Gasteiger partial charge in [-0.25, -0.2) is 4.79 Å². The molecule has 0 radical (unpaired) electrons. The maximum atomic E-state index is 12.9. The molecule has 1 aliphatic rings. The number of amides is 1. The van der Waals surface area contributed by atoms with Crippen LogP contribution in [0.1, 0.15) is 34.9 Å². The molecule has 2 heterocycles. The van der Waals surface area contributed by atoms with Crippen LogP contribution in [0.2, 0.25) is 5.02 Å². The Kier molecular flexibility index (Phi) is 5.40. The highest BCUT2D eigenvalue weighted by Crippen LogP contribution is 2.26. The first-order chi connectivity index (χ1) is 14.0. The van der Waals surface area contributed by atoms with Crippen LogP contribution >= 0.6 is 11.6 Å². The van der Waals surface area contributed by atoms with Crippen molar-refractivity contribution in [2.75, 3.05) is 20.2 Å². The average molecular weight is 413 g/mol. The number of rotatable bonds is 4. The van der Waals surface area contributed by atoms with E-state index in [0.29, 0.717) is 40.9 Å². The first kappa shape index (κ1) is 19.3. The Bertz CT molecular complexity index is 1070. The number of carbonyl (C=O) groups excluding carboxylic acids is 1. The van der Waals surface area contributed by atoms with Crippen LogP contribution in [0.3, 0.4) is 0 Å².